The molecule has 0 bridgehead atoms. The Kier molecular flexibility index (Phi) is 4.20. The summed E-state index contributed by atoms with van der Waals surface area (Å²) >= 11 is 5.92. The number of halogens is 1. The molecule has 0 radical (unpaired) electrons. The molecule has 1 aromatic rings. The van der Waals surface area contributed by atoms with Crippen molar-refractivity contribution in [2.24, 2.45) is 0 Å². The monoisotopic (exact) mass is 310 g/mol. The van der Waals surface area contributed by atoms with Crippen LogP contribution in [0.5, 0.6) is 0 Å². The minimum absolute atomic E-state index is 0.120. The lowest BCUT2D eigenvalue weighted by atomic mass is 10.2. The fraction of sp³-hybridized carbons (Fsp3) is 0.154. The van der Waals surface area contributed by atoms with Gasteiger partial charge < -0.3 is 9.90 Å². The maximum atomic E-state index is 13.5. The molecular weight excluding hydrogens is 301 g/mol. The Morgan fingerprint density at radius 2 is 2.15 bits per heavy atom. The molecule has 20 heavy (non-hydrogen) atoms. The number of hydrogen-bond donors (Lipinski definition) is 0. The van der Waals surface area contributed by atoms with Crippen LogP contribution in [0.3, 0.4) is 0 Å². The molecule has 1 atom stereocenters. The zero-order valence-corrected chi connectivity index (χ0v) is 12.0. The van der Waals surface area contributed by atoms with Crippen LogP contribution in [0.1, 0.15) is 12.5 Å². The van der Waals surface area contributed by atoms with E-state index in [-0.39, 0.29) is 14.8 Å². The highest BCUT2D eigenvalue weighted by atomic mass is 32.2. The minimum atomic E-state index is -1.39. The number of thioether (sulfide) groups is 1. The van der Waals surface area contributed by atoms with Gasteiger partial charge in [0.15, 0.2) is 0 Å². The first-order chi connectivity index (χ1) is 9.41. The molecule has 1 saturated heterocycles. The molecule has 1 fully saturated rings. The molecule has 0 saturated carbocycles. The largest absolute Gasteiger partial charge is 0.548 e. The Morgan fingerprint density at radius 3 is 2.75 bits per heavy atom. The summed E-state index contributed by atoms with van der Waals surface area (Å²) in [6.45, 7) is 1.31. The summed E-state index contributed by atoms with van der Waals surface area (Å²) in [5, 5.41) is 10.8. The molecule has 104 valence electrons. The lowest BCUT2D eigenvalue weighted by molar-refractivity contribution is -0.309. The molecule has 7 heteroatoms. The van der Waals surface area contributed by atoms with Crippen molar-refractivity contribution in [2.45, 2.75) is 13.0 Å². The van der Waals surface area contributed by atoms with Crippen LogP contribution in [0.4, 0.5) is 4.39 Å². The van der Waals surface area contributed by atoms with Gasteiger partial charge in [0, 0.05) is 5.56 Å². The summed E-state index contributed by atoms with van der Waals surface area (Å²) in [5.41, 5.74) is 0.245. The third kappa shape index (κ3) is 2.73. The summed E-state index contributed by atoms with van der Waals surface area (Å²) in [6, 6.07) is 4.81. The van der Waals surface area contributed by atoms with Crippen LogP contribution in [-0.4, -0.2) is 27.1 Å². The van der Waals surface area contributed by atoms with Crippen molar-refractivity contribution in [3.05, 3.63) is 40.6 Å². The van der Waals surface area contributed by atoms with Crippen molar-refractivity contribution in [3.63, 3.8) is 0 Å². The molecule has 4 nitrogen and oxygen atoms in total. The molecular formula is C13H9FNO3S2-. The molecule has 1 amide bonds. The fourth-order valence-corrected chi connectivity index (χ4v) is 3.06. The van der Waals surface area contributed by atoms with Gasteiger partial charge in [0.25, 0.3) is 5.91 Å². The first-order valence-corrected chi connectivity index (χ1v) is 6.86. The van der Waals surface area contributed by atoms with E-state index in [4.69, 9.17) is 12.2 Å². The quantitative estimate of drug-likeness (QED) is 0.619. The summed E-state index contributed by atoms with van der Waals surface area (Å²) in [7, 11) is 0. The standard InChI is InChI=1S/C13H10FNO3S2/c1-7(12(17)18)15-11(16)10(20-13(15)19)6-8-4-2-3-5-9(8)14/h2-7H,1H3,(H,17,18)/p-1/b10-6+/t7-/m0/s1. The van der Waals surface area contributed by atoms with E-state index in [1.165, 1.54) is 31.2 Å². The fourth-order valence-electron chi connectivity index (χ4n) is 1.65. The van der Waals surface area contributed by atoms with Gasteiger partial charge in [-0.05, 0) is 19.1 Å². The van der Waals surface area contributed by atoms with Gasteiger partial charge in [-0.1, -0.05) is 42.2 Å². The van der Waals surface area contributed by atoms with Gasteiger partial charge >= 0.3 is 0 Å². The van der Waals surface area contributed by atoms with E-state index in [9.17, 15) is 19.1 Å². The molecule has 0 aromatic heterocycles. The van der Waals surface area contributed by atoms with Crippen LogP contribution < -0.4 is 5.11 Å². The Morgan fingerprint density at radius 1 is 1.50 bits per heavy atom. The van der Waals surface area contributed by atoms with Crippen molar-refractivity contribution >= 4 is 46.3 Å². The second kappa shape index (κ2) is 5.72. The topological polar surface area (TPSA) is 60.4 Å². The predicted molar refractivity (Wildman–Crippen MR) is 75.9 cm³/mol. The summed E-state index contributed by atoms with van der Waals surface area (Å²) in [6.07, 6.45) is 1.36. The van der Waals surface area contributed by atoms with Crippen molar-refractivity contribution < 1.29 is 19.1 Å². The first kappa shape index (κ1) is 14.7. The van der Waals surface area contributed by atoms with Crippen molar-refractivity contribution in [3.8, 4) is 0 Å². The van der Waals surface area contributed by atoms with Crippen LogP contribution in [0.15, 0.2) is 29.2 Å². The molecule has 0 unspecified atom stereocenters. The maximum Gasteiger partial charge on any atom is 0.266 e. The number of hydrogen-bond acceptors (Lipinski definition) is 5. The van der Waals surface area contributed by atoms with E-state index in [1.54, 1.807) is 6.07 Å². The van der Waals surface area contributed by atoms with Crippen molar-refractivity contribution in [1.82, 2.24) is 4.90 Å². The zero-order valence-electron chi connectivity index (χ0n) is 10.3. The van der Waals surface area contributed by atoms with E-state index >= 15 is 0 Å². The van der Waals surface area contributed by atoms with Crippen LogP contribution in [0.25, 0.3) is 6.08 Å². The lowest BCUT2D eigenvalue weighted by Gasteiger charge is -2.23. The number of carbonyl (C=O) groups is 2. The summed E-state index contributed by atoms with van der Waals surface area (Å²) in [4.78, 5) is 24.1. The second-order valence-corrected chi connectivity index (χ2v) is 5.74. The van der Waals surface area contributed by atoms with Gasteiger partial charge in [0.2, 0.25) is 0 Å². The molecule has 1 aliphatic heterocycles. The number of rotatable bonds is 3. The molecule has 1 aromatic carbocycles. The minimum Gasteiger partial charge on any atom is -0.548 e. The van der Waals surface area contributed by atoms with Crippen LogP contribution >= 0.6 is 24.0 Å². The number of aliphatic carboxylic acids is 1. The molecule has 1 heterocycles. The van der Waals surface area contributed by atoms with Gasteiger partial charge in [-0.25, -0.2) is 4.39 Å². The number of benzene rings is 1. The van der Waals surface area contributed by atoms with Gasteiger partial charge in [0.1, 0.15) is 10.1 Å². The number of carbonyl (C=O) groups excluding carboxylic acids is 2. The van der Waals surface area contributed by atoms with Gasteiger partial charge in [-0.3, -0.25) is 9.69 Å². The number of carboxylic acids is 1. The van der Waals surface area contributed by atoms with Crippen LogP contribution in [0, 0.1) is 5.82 Å². The smallest absolute Gasteiger partial charge is 0.266 e. The molecule has 0 spiro atoms. The second-order valence-electron chi connectivity index (χ2n) is 4.07. The zero-order chi connectivity index (χ0) is 14.9. The van der Waals surface area contributed by atoms with Crippen LogP contribution in [0.2, 0.25) is 0 Å². The summed E-state index contributed by atoms with van der Waals surface area (Å²) in [5.74, 6) is -2.42. The number of carboxylic acid groups (broad SMARTS) is 1. The van der Waals surface area contributed by atoms with Crippen LogP contribution in [-0.2, 0) is 9.59 Å². The molecule has 1 aliphatic rings. The number of nitrogens with zero attached hydrogens (tertiary/aromatic N) is 1. The average molecular weight is 310 g/mol. The third-order valence-corrected chi connectivity index (χ3v) is 4.07. The Balaban J connectivity index is 2.33. The Hall–Kier alpha value is -1.73. The Bertz CT molecular complexity index is 630. The highest BCUT2D eigenvalue weighted by Crippen LogP contribution is 2.34. The van der Waals surface area contributed by atoms with Crippen molar-refractivity contribution in [2.75, 3.05) is 0 Å². The van der Waals surface area contributed by atoms with E-state index in [1.807, 2.05) is 0 Å². The lowest BCUT2D eigenvalue weighted by Crippen LogP contribution is -2.48. The van der Waals surface area contributed by atoms with Gasteiger partial charge in [-0.2, -0.15) is 0 Å². The SMILES string of the molecule is C[C@@H](C(=O)[O-])N1C(=O)/C(=C\c2ccccc2F)SC1=S. The summed E-state index contributed by atoms with van der Waals surface area (Å²) < 4.78 is 13.7. The van der Waals surface area contributed by atoms with E-state index in [0.29, 0.717) is 0 Å². The number of amides is 1. The van der Waals surface area contributed by atoms with E-state index < -0.39 is 23.7 Å². The van der Waals surface area contributed by atoms with Gasteiger partial charge in [-0.15, -0.1) is 0 Å². The molecule has 0 aliphatic carbocycles. The number of thiocarbonyl (C=S) groups is 1. The first-order valence-electron chi connectivity index (χ1n) is 5.64. The van der Waals surface area contributed by atoms with E-state index in [0.717, 1.165) is 16.7 Å². The maximum absolute atomic E-state index is 13.5. The highest BCUT2D eigenvalue weighted by Gasteiger charge is 2.35. The van der Waals surface area contributed by atoms with Gasteiger partial charge in [0.05, 0.1) is 16.9 Å². The molecule has 0 N–H and O–H groups in total. The Labute approximate surface area is 124 Å². The highest BCUT2D eigenvalue weighted by molar-refractivity contribution is 8.26. The third-order valence-electron chi connectivity index (χ3n) is 2.74. The normalized spacial score (nSPS) is 18.7. The molecule has 2 rings (SSSR count). The predicted octanol–water partition coefficient (Wildman–Crippen LogP) is 1.17. The van der Waals surface area contributed by atoms with E-state index in [2.05, 4.69) is 0 Å². The van der Waals surface area contributed by atoms with Crippen molar-refractivity contribution in [1.29, 1.82) is 0 Å². The average Bonchev–Trinajstić information content (AvgIpc) is 2.66.